The summed E-state index contributed by atoms with van der Waals surface area (Å²) in [5.74, 6) is 0.611. The minimum atomic E-state index is 0.611. The highest BCUT2D eigenvalue weighted by Gasteiger charge is 2.21. The van der Waals surface area contributed by atoms with E-state index in [0.717, 1.165) is 30.8 Å². The van der Waals surface area contributed by atoms with Crippen molar-refractivity contribution in [3.63, 3.8) is 0 Å². The molecule has 0 unspecified atom stereocenters. The monoisotopic (exact) mass is 254 g/mol. The minimum absolute atomic E-state index is 0.611. The van der Waals surface area contributed by atoms with Crippen molar-refractivity contribution in [3.05, 3.63) is 46.9 Å². The molecule has 98 valence electrons. The van der Waals surface area contributed by atoms with E-state index in [1.54, 1.807) is 6.33 Å². The average molecular weight is 254 g/mol. The summed E-state index contributed by atoms with van der Waals surface area (Å²) in [6.07, 6.45) is 2.48. The van der Waals surface area contributed by atoms with Crippen LogP contribution in [0.25, 0.3) is 0 Å². The van der Waals surface area contributed by atoms with E-state index < -0.39 is 0 Å². The summed E-state index contributed by atoms with van der Waals surface area (Å²) in [6.45, 7) is 6.05. The van der Waals surface area contributed by atoms with E-state index in [1.807, 2.05) is 0 Å². The number of nitrogens with two attached hydrogens (primary N) is 1. The SMILES string of the molecule is Cc1ccc(C)c(N2CCc3ncnc(N)c3C2)c1. The third-order valence-electron chi connectivity index (χ3n) is 3.74. The second-order valence-corrected chi connectivity index (χ2v) is 5.15. The van der Waals surface area contributed by atoms with Gasteiger partial charge in [-0.05, 0) is 31.0 Å². The Balaban J connectivity index is 1.97. The lowest BCUT2D eigenvalue weighted by Crippen LogP contribution is -2.32. The van der Waals surface area contributed by atoms with Crippen molar-refractivity contribution in [1.29, 1.82) is 0 Å². The maximum absolute atomic E-state index is 5.97. The zero-order valence-corrected chi connectivity index (χ0v) is 11.3. The van der Waals surface area contributed by atoms with Gasteiger partial charge in [0.05, 0.1) is 5.69 Å². The Hall–Kier alpha value is -2.10. The largest absolute Gasteiger partial charge is 0.383 e. The maximum atomic E-state index is 5.97. The van der Waals surface area contributed by atoms with Gasteiger partial charge >= 0.3 is 0 Å². The van der Waals surface area contributed by atoms with E-state index >= 15 is 0 Å². The van der Waals surface area contributed by atoms with Crippen molar-refractivity contribution in [2.24, 2.45) is 0 Å². The van der Waals surface area contributed by atoms with Crippen LogP contribution in [0.1, 0.15) is 22.4 Å². The minimum Gasteiger partial charge on any atom is -0.383 e. The first-order valence-corrected chi connectivity index (χ1v) is 6.55. The molecule has 2 aromatic rings. The molecule has 0 radical (unpaired) electrons. The number of hydrogen-bond acceptors (Lipinski definition) is 4. The second-order valence-electron chi connectivity index (χ2n) is 5.15. The van der Waals surface area contributed by atoms with Crippen molar-refractivity contribution in [2.45, 2.75) is 26.8 Å². The molecule has 0 saturated carbocycles. The van der Waals surface area contributed by atoms with E-state index in [-0.39, 0.29) is 0 Å². The van der Waals surface area contributed by atoms with Gasteiger partial charge in [-0.1, -0.05) is 12.1 Å². The number of anilines is 2. The average Bonchev–Trinajstić information content (AvgIpc) is 2.42. The van der Waals surface area contributed by atoms with Gasteiger partial charge in [0.15, 0.2) is 0 Å². The molecule has 0 fully saturated rings. The number of benzene rings is 1. The summed E-state index contributed by atoms with van der Waals surface area (Å²) in [5.41, 5.74) is 12.0. The van der Waals surface area contributed by atoms with Gasteiger partial charge in [0, 0.05) is 30.8 Å². The molecule has 0 bridgehead atoms. The molecular formula is C15H18N4. The Morgan fingerprint density at radius 2 is 2.05 bits per heavy atom. The van der Waals surface area contributed by atoms with Crippen LogP contribution in [0.4, 0.5) is 11.5 Å². The zero-order valence-electron chi connectivity index (χ0n) is 11.3. The van der Waals surface area contributed by atoms with Crippen LogP contribution in [-0.4, -0.2) is 16.5 Å². The van der Waals surface area contributed by atoms with Gasteiger partial charge in [0.25, 0.3) is 0 Å². The first kappa shape index (κ1) is 12.0. The Morgan fingerprint density at radius 1 is 1.21 bits per heavy atom. The van der Waals surface area contributed by atoms with Gasteiger partial charge in [-0.15, -0.1) is 0 Å². The fourth-order valence-corrected chi connectivity index (χ4v) is 2.63. The molecule has 4 nitrogen and oxygen atoms in total. The first-order valence-electron chi connectivity index (χ1n) is 6.55. The molecule has 0 atom stereocenters. The van der Waals surface area contributed by atoms with Gasteiger partial charge in [0.1, 0.15) is 12.1 Å². The molecule has 1 aromatic carbocycles. The van der Waals surface area contributed by atoms with Crippen molar-refractivity contribution < 1.29 is 0 Å². The maximum Gasteiger partial charge on any atom is 0.132 e. The smallest absolute Gasteiger partial charge is 0.132 e. The van der Waals surface area contributed by atoms with Gasteiger partial charge < -0.3 is 10.6 Å². The molecule has 0 aliphatic carbocycles. The first-order chi connectivity index (χ1) is 9.15. The van der Waals surface area contributed by atoms with Crippen molar-refractivity contribution in [3.8, 4) is 0 Å². The standard InChI is InChI=1S/C15H18N4/c1-10-3-4-11(2)14(7-10)19-6-5-13-12(8-19)15(16)18-9-17-13/h3-4,7,9H,5-6,8H2,1-2H3,(H2,16,17,18). The highest BCUT2D eigenvalue weighted by molar-refractivity contribution is 5.58. The number of rotatable bonds is 1. The Bertz CT molecular complexity index is 622. The van der Waals surface area contributed by atoms with Crippen LogP contribution in [0.2, 0.25) is 0 Å². The summed E-state index contributed by atoms with van der Waals surface area (Å²) in [7, 11) is 0. The second kappa shape index (κ2) is 4.53. The number of aryl methyl sites for hydroxylation is 2. The van der Waals surface area contributed by atoms with Crippen LogP contribution >= 0.6 is 0 Å². The molecule has 1 aromatic heterocycles. The lowest BCUT2D eigenvalue weighted by Gasteiger charge is -2.31. The molecular weight excluding hydrogens is 236 g/mol. The molecule has 0 saturated heterocycles. The number of hydrogen-bond donors (Lipinski definition) is 1. The molecule has 2 heterocycles. The van der Waals surface area contributed by atoms with Crippen molar-refractivity contribution >= 4 is 11.5 Å². The van der Waals surface area contributed by atoms with E-state index in [4.69, 9.17) is 5.73 Å². The molecule has 0 spiro atoms. The van der Waals surface area contributed by atoms with E-state index in [2.05, 4.69) is 46.9 Å². The molecule has 3 rings (SSSR count). The lowest BCUT2D eigenvalue weighted by atomic mass is 10.0. The highest BCUT2D eigenvalue weighted by Crippen LogP contribution is 2.28. The Labute approximate surface area is 113 Å². The summed E-state index contributed by atoms with van der Waals surface area (Å²) in [4.78, 5) is 10.8. The van der Waals surface area contributed by atoms with Crippen LogP contribution in [0.5, 0.6) is 0 Å². The number of nitrogen functional groups attached to an aromatic ring is 1. The fourth-order valence-electron chi connectivity index (χ4n) is 2.63. The molecule has 1 aliphatic rings. The zero-order chi connectivity index (χ0) is 13.4. The van der Waals surface area contributed by atoms with Gasteiger partial charge in [-0.2, -0.15) is 0 Å². The summed E-state index contributed by atoms with van der Waals surface area (Å²) < 4.78 is 0. The quantitative estimate of drug-likeness (QED) is 0.848. The van der Waals surface area contributed by atoms with Gasteiger partial charge in [-0.25, -0.2) is 9.97 Å². The van der Waals surface area contributed by atoms with Crippen molar-refractivity contribution in [1.82, 2.24) is 9.97 Å². The van der Waals surface area contributed by atoms with Crippen LogP contribution in [-0.2, 0) is 13.0 Å². The molecule has 0 amide bonds. The third-order valence-corrected chi connectivity index (χ3v) is 3.74. The summed E-state index contributed by atoms with van der Waals surface area (Å²) >= 11 is 0. The predicted octanol–water partition coefficient (Wildman–Crippen LogP) is 2.24. The molecule has 4 heteroatoms. The van der Waals surface area contributed by atoms with Gasteiger partial charge in [-0.3, -0.25) is 0 Å². The Morgan fingerprint density at radius 3 is 2.89 bits per heavy atom. The third kappa shape index (κ3) is 2.14. The normalized spacial score (nSPS) is 14.3. The molecule has 2 N–H and O–H groups in total. The van der Waals surface area contributed by atoms with Crippen LogP contribution in [0.3, 0.4) is 0 Å². The molecule has 19 heavy (non-hydrogen) atoms. The topological polar surface area (TPSA) is 55.0 Å². The number of fused-ring (bicyclic) bond motifs is 1. The lowest BCUT2D eigenvalue weighted by molar-refractivity contribution is 0.706. The van der Waals surface area contributed by atoms with Crippen LogP contribution in [0.15, 0.2) is 24.5 Å². The van der Waals surface area contributed by atoms with E-state index in [9.17, 15) is 0 Å². The van der Waals surface area contributed by atoms with E-state index in [1.165, 1.54) is 16.8 Å². The van der Waals surface area contributed by atoms with Gasteiger partial charge in [0.2, 0.25) is 0 Å². The van der Waals surface area contributed by atoms with Crippen molar-refractivity contribution in [2.75, 3.05) is 17.2 Å². The Kier molecular flexibility index (Phi) is 2.85. The number of nitrogens with zero attached hydrogens (tertiary/aromatic N) is 3. The predicted molar refractivity (Wildman–Crippen MR) is 77.1 cm³/mol. The fraction of sp³-hybridized carbons (Fsp3) is 0.333. The summed E-state index contributed by atoms with van der Waals surface area (Å²) in [5, 5.41) is 0. The highest BCUT2D eigenvalue weighted by atomic mass is 15.1. The van der Waals surface area contributed by atoms with E-state index in [0.29, 0.717) is 5.82 Å². The molecule has 1 aliphatic heterocycles. The number of aromatic nitrogens is 2. The van der Waals surface area contributed by atoms with Crippen LogP contribution < -0.4 is 10.6 Å². The van der Waals surface area contributed by atoms with Crippen LogP contribution in [0, 0.1) is 13.8 Å². The summed E-state index contributed by atoms with van der Waals surface area (Å²) in [6, 6.07) is 6.56.